The molecule has 1 rings (SSSR count). The number of hydrogen-bond donors (Lipinski definition) is 0. The average Bonchev–Trinajstić information content (AvgIpc) is 2.43. The summed E-state index contributed by atoms with van der Waals surface area (Å²) in [5.41, 5.74) is -1.48. The lowest BCUT2D eigenvalue weighted by atomic mass is 10.1. The van der Waals surface area contributed by atoms with Crippen LogP contribution >= 0.6 is 0 Å². The van der Waals surface area contributed by atoms with Gasteiger partial charge in [-0.2, -0.15) is 13.2 Å². The molecule has 0 aromatic heterocycles. The van der Waals surface area contributed by atoms with Crippen LogP contribution in [0.25, 0.3) is 0 Å². The number of benzene rings is 1. The summed E-state index contributed by atoms with van der Waals surface area (Å²) in [7, 11) is 0. The Morgan fingerprint density at radius 3 is 2.38 bits per heavy atom. The Hall–Kier alpha value is -2.05. The van der Waals surface area contributed by atoms with E-state index in [2.05, 4.69) is 4.74 Å². The Balaban J connectivity index is 3.22. The van der Waals surface area contributed by atoms with Crippen molar-refractivity contribution in [2.75, 3.05) is 13.2 Å². The number of carbonyl (C=O) groups is 2. The summed E-state index contributed by atoms with van der Waals surface area (Å²) in [6.07, 6.45) is -4.01. The summed E-state index contributed by atoms with van der Waals surface area (Å²) in [6, 6.07) is 2.43. The van der Waals surface area contributed by atoms with Crippen LogP contribution in [0.5, 0.6) is 5.75 Å². The quantitative estimate of drug-likeness (QED) is 0.460. The highest BCUT2D eigenvalue weighted by atomic mass is 19.4. The van der Waals surface area contributed by atoms with Crippen LogP contribution in [-0.4, -0.2) is 25.0 Å². The molecule has 0 N–H and O–H groups in total. The number of ether oxygens (including phenoxy) is 2. The number of rotatable bonds is 6. The molecule has 0 aliphatic heterocycles. The first-order chi connectivity index (χ1) is 9.81. The molecule has 0 aliphatic carbocycles. The van der Waals surface area contributed by atoms with Gasteiger partial charge in [-0.15, -0.1) is 0 Å². The third-order valence-electron chi connectivity index (χ3n) is 2.47. The van der Waals surface area contributed by atoms with Gasteiger partial charge in [0.1, 0.15) is 5.75 Å². The van der Waals surface area contributed by atoms with E-state index in [0.717, 1.165) is 12.1 Å². The van der Waals surface area contributed by atoms with Crippen LogP contribution in [0.2, 0.25) is 0 Å². The van der Waals surface area contributed by atoms with Gasteiger partial charge in [-0.05, 0) is 31.5 Å². The van der Waals surface area contributed by atoms with Crippen LogP contribution in [0, 0.1) is 0 Å². The predicted octanol–water partition coefficient (Wildman–Crippen LogP) is 3.24. The fraction of sp³-hybridized carbons (Fsp3) is 0.429. The lowest BCUT2D eigenvalue weighted by Crippen LogP contribution is -2.19. The highest BCUT2D eigenvalue weighted by molar-refractivity contribution is 6.41. The number of hydrogen-bond acceptors (Lipinski definition) is 4. The lowest BCUT2D eigenvalue weighted by molar-refractivity contribution is -0.139. The highest BCUT2D eigenvalue weighted by Gasteiger charge is 2.33. The molecule has 0 saturated carbocycles. The Labute approximate surface area is 119 Å². The molecule has 0 bridgehead atoms. The number of alkyl halides is 3. The van der Waals surface area contributed by atoms with Gasteiger partial charge in [-0.1, -0.05) is 6.92 Å². The van der Waals surface area contributed by atoms with E-state index in [1.807, 2.05) is 0 Å². The van der Waals surface area contributed by atoms with Crippen molar-refractivity contribution < 1.29 is 32.2 Å². The van der Waals surface area contributed by atoms with Crippen molar-refractivity contribution in [3.05, 3.63) is 29.3 Å². The first-order valence-corrected chi connectivity index (χ1v) is 6.36. The topological polar surface area (TPSA) is 52.6 Å². The van der Waals surface area contributed by atoms with Gasteiger partial charge in [0.2, 0.25) is 0 Å². The van der Waals surface area contributed by atoms with Crippen LogP contribution < -0.4 is 4.74 Å². The molecular weight excluding hydrogens is 289 g/mol. The lowest BCUT2D eigenvalue weighted by Gasteiger charge is -2.13. The first kappa shape index (κ1) is 17.0. The van der Waals surface area contributed by atoms with Crippen LogP contribution in [-0.2, 0) is 15.7 Å². The fourth-order valence-electron chi connectivity index (χ4n) is 1.53. The summed E-state index contributed by atoms with van der Waals surface area (Å²) >= 11 is 0. The summed E-state index contributed by atoms with van der Waals surface area (Å²) in [6.45, 7) is 3.46. The van der Waals surface area contributed by atoms with Crippen molar-refractivity contribution in [2.45, 2.75) is 26.4 Å². The molecule has 0 spiro atoms. The summed E-state index contributed by atoms with van der Waals surface area (Å²) < 4.78 is 47.8. The highest BCUT2D eigenvalue weighted by Crippen LogP contribution is 2.33. The molecule has 0 radical (unpaired) electrons. The smallest absolute Gasteiger partial charge is 0.416 e. The Morgan fingerprint density at radius 2 is 1.86 bits per heavy atom. The van der Waals surface area contributed by atoms with Gasteiger partial charge in [0.15, 0.2) is 0 Å². The van der Waals surface area contributed by atoms with Crippen LogP contribution in [0.4, 0.5) is 13.2 Å². The van der Waals surface area contributed by atoms with Gasteiger partial charge < -0.3 is 9.47 Å². The van der Waals surface area contributed by atoms with Crippen LogP contribution in [0.15, 0.2) is 18.2 Å². The first-order valence-electron chi connectivity index (χ1n) is 6.36. The second-order valence-corrected chi connectivity index (χ2v) is 4.11. The second kappa shape index (κ2) is 7.10. The number of carbonyl (C=O) groups excluding carboxylic acids is 2. The second-order valence-electron chi connectivity index (χ2n) is 4.11. The van der Waals surface area contributed by atoms with Crippen molar-refractivity contribution in [1.29, 1.82) is 0 Å². The van der Waals surface area contributed by atoms with Crippen LogP contribution in [0.3, 0.4) is 0 Å². The molecule has 7 heteroatoms. The Kier molecular flexibility index (Phi) is 5.75. The van der Waals surface area contributed by atoms with Gasteiger partial charge in [-0.25, -0.2) is 4.79 Å². The average molecular weight is 304 g/mol. The van der Waals surface area contributed by atoms with Crippen molar-refractivity contribution in [1.82, 2.24) is 0 Å². The summed E-state index contributed by atoms with van der Waals surface area (Å²) in [5, 5.41) is 0. The summed E-state index contributed by atoms with van der Waals surface area (Å²) in [4.78, 5) is 23.3. The van der Waals surface area contributed by atoms with Crippen LogP contribution in [0.1, 0.15) is 36.2 Å². The van der Waals surface area contributed by atoms with Crippen molar-refractivity contribution in [2.24, 2.45) is 0 Å². The van der Waals surface area contributed by atoms with Crippen molar-refractivity contribution >= 4 is 11.8 Å². The molecule has 0 atom stereocenters. The predicted molar refractivity (Wildman–Crippen MR) is 68.2 cm³/mol. The minimum atomic E-state index is -4.62. The molecule has 21 heavy (non-hydrogen) atoms. The maximum absolute atomic E-state index is 12.7. The largest absolute Gasteiger partial charge is 0.493 e. The van der Waals surface area contributed by atoms with E-state index >= 15 is 0 Å². The number of Topliss-reactive ketones (excluding diaryl/α,β-unsaturated/α-hetero) is 1. The molecule has 0 unspecified atom stereocenters. The Morgan fingerprint density at radius 1 is 1.19 bits per heavy atom. The molecule has 0 amide bonds. The number of esters is 1. The van der Waals surface area contributed by atoms with E-state index in [4.69, 9.17) is 4.74 Å². The molecule has 1 aromatic rings. The van der Waals surface area contributed by atoms with Crippen molar-refractivity contribution in [3.63, 3.8) is 0 Å². The molecule has 1 aromatic carbocycles. The molecule has 4 nitrogen and oxygen atoms in total. The molecule has 0 aliphatic rings. The van der Waals surface area contributed by atoms with E-state index in [1.54, 1.807) is 6.92 Å². The molecule has 116 valence electrons. The monoisotopic (exact) mass is 304 g/mol. The van der Waals surface area contributed by atoms with E-state index in [0.29, 0.717) is 12.5 Å². The maximum atomic E-state index is 12.7. The molecule has 0 saturated heterocycles. The van der Waals surface area contributed by atoms with E-state index < -0.39 is 29.1 Å². The maximum Gasteiger partial charge on any atom is 0.416 e. The number of halogens is 3. The zero-order chi connectivity index (χ0) is 16.0. The zero-order valence-corrected chi connectivity index (χ0v) is 11.6. The normalized spacial score (nSPS) is 11.1. The van der Waals surface area contributed by atoms with Gasteiger partial charge >= 0.3 is 12.1 Å². The van der Waals surface area contributed by atoms with Gasteiger partial charge in [0.05, 0.1) is 24.3 Å². The molecule has 0 fully saturated rings. The van der Waals surface area contributed by atoms with E-state index in [-0.39, 0.29) is 19.0 Å². The van der Waals surface area contributed by atoms with Gasteiger partial charge in [-0.3, -0.25) is 4.79 Å². The Bertz CT molecular complexity index is 523. The number of ketones is 1. The standard InChI is InChI=1S/C14H15F3O4/c1-3-7-21-11-6-5-9(14(15,16)17)8-10(11)12(18)13(19)20-4-2/h5-6,8H,3-4,7H2,1-2H3. The van der Waals surface area contributed by atoms with E-state index in [9.17, 15) is 22.8 Å². The SMILES string of the molecule is CCCOc1ccc(C(F)(F)F)cc1C(=O)C(=O)OCC. The summed E-state index contributed by atoms with van der Waals surface area (Å²) in [5.74, 6) is -2.44. The minimum absolute atomic E-state index is 0.0469. The van der Waals surface area contributed by atoms with Gasteiger partial charge in [0.25, 0.3) is 5.78 Å². The third kappa shape index (κ3) is 4.47. The zero-order valence-electron chi connectivity index (χ0n) is 11.6. The molecular formula is C14H15F3O4. The van der Waals surface area contributed by atoms with Crippen molar-refractivity contribution in [3.8, 4) is 5.75 Å². The van der Waals surface area contributed by atoms with Gasteiger partial charge in [0, 0.05) is 0 Å². The third-order valence-corrected chi connectivity index (χ3v) is 2.47. The van der Waals surface area contributed by atoms with E-state index in [1.165, 1.54) is 6.92 Å². The molecule has 0 heterocycles. The fourth-order valence-corrected chi connectivity index (χ4v) is 1.53. The minimum Gasteiger partial charge on any atom is -0.493 e.